The lowest BCUT2D eigenvalue weighted by Crippen LogP contribution is -2.32. The monoisotopic (exact) mass is 571 g/mol. The van der Waals surface area contributed by atoms with Crippen LogP contribution in [0.2, 0.25) is 4.34 Å². The topological polar surface area (TPSA) is 87.2 Å². The first kappa shape index (κ1) is 24.7. The van der Waals surface area contributed by atoms with Crippen molar-refractivity contribution in [2.24, 2.45) is 11.8 Å². The number of nitrogens with one attached hydrogen (secondary N) is 2. The summed E-state index contributed by atoms with van der Waals surface area (Å²) in [6.45, 7) is 1.26. The normalized spacial score (nSPS) is 19.0. The highest BCUT2D eigenvalue weighted by atomic mass is 79.9. The molecule has 0 spiro atoms. The fourth-order valence-corrected chi connectivity index (χ4v) is 7.57. The van der Waals surface area contributed by atoms with Crippen molar-refractivity contribution in [1.29, 1.82) is 0 Å². The number of thiophene rings is 1. The van der Waals surface area contributed by atoms with Gasteiger partial charge in [0.1, 0.15) is 14.4 Å². The molecule has 2 heterocycles. The number of benzene rings is 1. The molecule has 0 atom stereocenters. The molecule has 0 unspecified atom stereocenters. The highest BCUT2D eigenvalue weighted by molar-refractivity contribution is 9.10. The molecule has 178 valence electrons. The summed E-state index contributed by atoms with van der Waals surface area (Å²) in [5.41, 5.74) is 0.925. The largest absolute Gasteiger partial charge is 0.362 e. The summed E-state index contributed by atoms with van der Waals surface area (Å²) in [5.74, 6) is 2.40. The molecule has 1 aliphatic rings. The zero-order chi connectivity index (χ0) is 23.6. The van der Waals surface area contributed by atoms with Crippen LogP contribution in [0.3, 0.4) is 0 Å². The number of sulfonamides is 1. The third-order valence-corrected chi connectivity index (χ3v) is 10.3. The number of halogens is 2. The van der Waals surface area contributed by atoms with Gasteiger partial charge in [0.25, 0.3) is 0 Å². The summed E-state index contributed by atoms with van der Waals surface area (Å²) in [4.78, 5) is 11.4. The molecule has 2 N–H and O–H groups in total. The van der Waals surface area contributed by atoms with E-state index in [1.807, 2.05) is 43.3 Å². The van der Waals surface area contributed by atoms with Gasteiger partial charge in [-0.25, -0.2) is 18.1 Å². The van der Waals surface area contributed by atoms with Gasteiger partial charge in [-0.15, -0.1) is 11.3 Å². The first-order valence-corrected chi connectivity index (χ1v) is 14.3. The molecule has 11 heteroatoms. The van der Waals surface area contributed by atoms with E-state index in [4.69, 9.17) is 16.6 Å². The molecule has 3 aromatic rings. The zero-order valence-electron chi connectivity index (χ0n) is 18.5. The Hall–Kier alpha value is -1.46. The third-order valence-electron chi connectivity index (χ3n) is 5.97. The average molecular weight is 573 g/mol. The highest BCUT2D eigenvalue weighted by Gasteiger charge is 2.25. The number of nitrogens with zero attached hydrogens (tertiary/aromatic N) is 3. The SMILES string of the molecule is CN(C)c1nc(NC[C@H]2CC[C@H](CNS(=O)(=O)c3cc(Br)c(Cl)s3)CC2)nc2ccccc12. The van der Waals surface area contributed by atoms with Crippen molar-refractivity contribution in [3.05, 3.63) is 39.1 Å². The van der Waals surface area contributed by atoms with E-state index in [9.17, 15) is 8.42 Å². The van der Waals surface area contributed by atoms with Crippen LogP contribution in [0.4, 0.5) is 11.8 Å². The smallest absolute Gasteiger partial charge is 0.250 e. The molecule has 0 saturated heterocycles. The first-order valence-electron chi connectivity index (χ1n) is 10.9. The number of aromatic nitrogens is 2. The highest BCUT2D eigenvalue weighted by Crippen LogP contribution is 2.35. The molecule has 0 aliphatic heterocycles. The summed E-state index contributed by atoms with van der Waals surface area (Å²) in [7, 11) is 0.443. The molecule has 0 bridgehead atoms. The Morgan fingerprint density at radius 2 is 1.79 bits per heavy atom. The minimum Gasteiger partial charge on any atom is -0.362 e. The summed E-state index contributed by atoms with van der Waals surface area (Å²) in [6.07, 6.45) is 4.07. The lowest BCUT2D eigenvalue weighted by atomic mass is 9.82. The second kappa shape index (κ2) is 10.4. The van der Waals surface area contributed by atoms with Crippen molar-refractivity contribution in [2.75, 3.05) is 37.4 Å². The summed E-state index contributed by atoms with van der Waals surface area (Å²) in [6, 6.07) is 9.58. The van der Waals surface area contributed by atoms with Gasteiger partial charge in [-0.05, 0) is 71.6 Å². The van der Waals surface area contributed by atoms with E-state index < -0.39 is 10.0 Å². The number of hydrogen-bond donors (Lipinski definition) is 2. The van der Waals surface area contributed by atoms with E-state index in [-0.39, 0.29) is 4.21 Å². The van der Waals surface area contributed by atoms with Crippen molar-refractivity contribution < 1.29 is 8.42 Å². The lowest BCUT2D eigenvalue weighted by Gasteiger charge is -2.28. The first-order chi connectivity index (χ1) is 15.7. The van der Waals surface area contributed by atoms with Gasteiger partial charge >= 0.3 is 0 Å². The summed E-state index contributed by atoms with van der Waals surface area (Å²) < 4.78 is 29.1. The van der Waals surface area contributed by atoms with Crippen molar-refractivity contribution in [3.8, 4) is 0 Å². The Morgan fingerprint density at radius 3 is 2.42 bits per heavy atom. The van der Waals surface area contributed by atoms with E-state index in [0.29, 0.717) is 33.1 Å². The number of para-hydroxylation sites is 1. The van der Waals surface area contributed by atoms with Crippen LogP contribution >= 0.6 is 38.9 Å². The molecule has 4 rings (SSSR count). The van der Waals surface area contributed by atoms with Gasteiger partial charge in [-0.1, -0.05) is 23.7 Å². The van der Waals surface area contributed by atoms with Crippen LogP contribution in [0.1, 0.15) is 25.7 Å². The fraction of sp³-hybridized carbons (Fsp3) is 0.455. The predicted molar refractivity (Wildman–Crippen MR) is 140 cm³/mol. The maximum absolute atomic E-state index is 12.5. The molecular formula is C22H27BrClN5O2S2. The van der Waals surface area contributed by atoms with Gasteiger partial charge < -0.3 is 10.2 Å². The molecule has 1 aromatic carbocycles. The van der Waals surface area contributed by atoms with Gasteiger partial charge in [0.15, 0.2) is 0 Å². The molecular weight excluding hydrogens is 546 g/mol. The molecule has 0 radical (unpaired) electrons. The minimum absolute atomic E-state index is 0.240. The number of rotatable bonds is 8. The Bertz CT molecular complexity index is 1210. The van der Waals surface area contributed by atoms with Crippen LogP contribution in [0.15, 0.2) is 39.0 Å². The quantitative estimate of drug-likeness (QED) is 0.377. The maximum Gasteiger partial charge on any atom is 0.250 e. The van der Waals surface area contributed by atoms with Crippen LogP contribution in [0.25, 0.3) is 10.9 Å². The number of anilines is 2. The van der Waals surface area contributed by atoms with Crippen molar-refractivity contribution in [2.45, 2.75) is 29.9 Å². The Balaban J connectivity index is 1.28. The van der Waals surface area contributed by atoms with Crippen molar-refractivity contribution >= 4 is 71.6 Å². The Morgan fingerprint density at radius 1 is 1.12 bits per heavy atom. The van der Waals surface area contributed by atoms with Crippen LogP contribution in [-0.2, 0) is 10.0 Å². The standard InChI is InChI=1S/C22H27BrClN5O2S2/c1-29(2)21-16-5-3-4-6-18(16)27-22(28-21)25-12-14-7-9-15(10-8-14)13-26-33(30,31)19-11-17(23)20(24)32-19/h3-6,11,14-15,26H,7-10,12-13H2,1-2H3,(H,25,27,28)/t14-,15-. The van der Waals surface area contributed by atoms with Gasteiger partial charge in [0, 0.05) is 37.0 Å². The van der Waals surface area contributed by atoms with Gasteiger partial charge in [-0.2, -0.15) is 4.98 Å². The summed E-state index contributed by atoms with van der Waals surface area (Å²) in [5, 5.41) is 4.46. The van der Waals surface area contributed by atoms with E-state index in [2.05, 4.69) is 31.0 Å². The van der Waals surface area contributed by atoms with Crippen LogP contribution in [0.5, 0.6) is 0 Å². The van der Waals surface area contributed by atoms with E-state index in [0.717, 1.165) is 60.3 Å². The maximum atomic E-state index is 12.5. The van der Waals surface area contributed by atoms with E-state index in [1.54, 1.807) is 6.07 Å². The Labute approximate surface area is 212 Å². The summed E-state index contributed by atoms with van der Waals surface area (Å²) >= 11 is 10.3. The number of hydrogen-bond acceptors (Lipinski definition) is 7. The minimum atomic E-state index is -3.53. The van der Waals surface area contributed by atoms with Crippen LogP contribution < -0.4 is 14.9 Å². The average Bonchev–Trinajstić information content (AvgIpc) is 3.15. The van der Waals surface area contributed by atoms with Gasteiger partial charge in [0.05, 0.1) is 5.52 Å². The van der Waals surface area contributed by atoms with Crippen molar-refractivity contribution in [3.63, 3.8) is 0 Å². The third kappa shape index (κ3) is 5.97. The van der Waals surface area contributed by atoms with Crippen molar-refractivity contribution in [1.82, 2.24) is 14.7 Å². The number of fused-ring (bicyclic) bond motifs is 1. The molecule has 33 heavy (non-hydrogen) atoms. The van der Waals surface area contributed by atoms with Gasteiger partial charge in [0.2, 0.25) is 16.0 Å². The van der Waals surface area contributed by atoms with Gasteiger partial charge in [-0.3, -0.25) is 0 Å². The molecule has 7 nitrogen and oxygen atoms in total. The van der Waals surface area contributed by atoms with E-state index in [1.165, 1.54) is 0 Å². The van der Waals surface area contributed by atoms with E-state index >= 15 is 0 Å². The molecule has 0 amide bonds. The molecule has 1 fully saturated rings. The second-order valence-corrected chi connectivity index (χ2v) is 13.1. The predicted octanol–water partition coefficient (Wildman–Crippen LogP) is 5.37. The van der Waals surface area contributed by atoms with Crippen LogP contribution in [0, 0.1) is 11.8 Å². The second-order valence-electron chi connectivity index (χ2n) is 8.59. The van der Waals surface area contributed by atoms with Crippen LogP contribution in [-0.4, -0.2) is 45.6 Å². The molecule has 2 aromatic heterocycles. The lowest BCUT2D eigenvalue weighted by molar-refractivity contribution is 0.284. The zero-order valence-corrected chi connectivity index (χ0v) is 22.5. The molecule has 1 saturated carbocycles. The Kier molecular flexibility index (Phi) is 7.80. The fourth-order valence-electron chi connectivity index (χ4n) is 4.11. The molecule has 1 aliphatic carbocycles.